The summed E-state index contributed by atoms with van der Waals surface area (Å²) in [6.45, 7) is 0. The molecular formula is C63H42N2. The molecule has 65 heavy (non-hydrogen) atoms. The van der Waals surface area contributed by atoms with Gasteiger partial charge in [-0.3, -0.25) is 0 Å². The minimum atomic E-state index is -0.506. The Morgan fingerprint density at radius 1 is 0.262 bits per heavy atom. The normalized spacial score (nSPS) is 12.4. The molecule has 11 aromatic rings. The van der Waals surface area contributed by atoms with Gasteiger partial charge in [-0.1, -0.05) is 237 Å². The van der Waals surface area contributed by atoms with Crippen molar-refractivity contribution in [2.75, 3.05) is 0 Å². The molecule has 0 spiro atoms. The molecule has 0 bridgehead atoms. The zero-order chi connectivity index (χ0) is 43.2. The van der Waals surface area contributed by atoms with Gasteiger partial charge < -0.3 is 0 Å². The third-order valence-corrected chi connectivity index (χ3v) is 13.2. The van der Waals surface area contributed by atoms with Crippen LogP contribution in [0.2, 0.25) is 0 Å². The number of fused-ring (bicyclic) bond motifs is 4. The van der Waals surface area contributed by atoms with Crippen molar-refractivity contribution in [3.05, 3.63) is 277 Å². The van der Waals surface area contributed by atoms with Crippen molar-refractivity contribution in [1.82, 2.24) is 9.97 Å². The van der Waals surface area contributed by atoms with Gasteiger partial charge in [0.2, 0.25) is 0 Å². The molecule has 2 nitrogen and oxygen atoms in total. The van der Waals surface area contributed by atoms with Crippen molar-refractivity contribution in [3.8, 4) is 78.4 Å². The average molecular weight is 827 g/mol. The van der Waals surface area contributed by atoms with Crippen molar-refractivity contribution in [2.45, 2.75) is 5.41 Å². The van der Waals surface area contributed by atoms with Gasteiger partial charge in [-0.05, 0) is 95.7 Å². The van der Waals surface area contributed by atoms with Crippen LogP contribution in [0.15, 0.2) is 255 Å². The summed E-state index contributed by atoms with van der Waals surface area (Å²) in [5.41, 5.74) is 19.1. The molecule has 12 rings (SSSR count). The minimum absolute atomic E-state index is 0.506. The fourth-order valence-corrected chi connectivity index (χ4v) is 10.2. The zero-order valence-electron chi connectivity index (χ0n) is 35.6. The maximum Gasteiger partial charge on any atom is 0.160 e. The van der Waals surface area contributed by atoms with Crippen LogP contribution in [0.5, 0.6) is 0 Å². The summed E-state index contributed by atoms with van der Waals surface area (Å²) in [5, 5.41) is 2.47. The van der Waals surface area contributed by atoms with Crippen molar-refractivity contribution < 1.29 is 0 Å². The predicted molar refractivity (Wildman–Crippen MR) is 269 cm³/mol. The van der Waals surface area contributed by atoms with Crippen LogP contribution in [0.25, 0.3) is 89.2 Å². The number of nitrogens with zero attached hydrogens (tertiary/aromatic N) is 2. The Labute approximate surface area is 379 Å². The van der Waals surface area contributed by atoms with Gasteiger partial charge in [0, 0.05) is 16.7 Å². The summed E-state index contributed by atoms with van der Waals surface area (Å²) in [4.78, 5) is 10.1. The summed E-state index contributed by atoms with van der Waals surface area (Å²) in [6.07, 6.45) is 0. The molecule has 0 amide bonds. The topological polar surface area (TPSA) is 25.8 Å². The van der Waals surface area contributed by atoms with E-state index in [2.05, 4.69) is 243 Å². The number of hydrogen-bond acceptors (Lipinski definition) is 2. The highest BCUT2D eigenvalue weighted by Gasteiger charge is 2.46. The Hall–Kier alpha value is -8.46. The number of aromatic nitrogens is 2. The van der Waals surface area contributed by atoms with Gasteiger partial charge >= 0.3 is 0 Å². The van der Waals surface area contributed by atoms with Crippen LogP contribution in [-0.4, -0.2) is 9.97 Å². The van der Waals surface area contributed by atoms with Crippen molar-refractivity contribution in [2.24, 2.45) is 0 Å². The average Bonchev–Trinajstić information content (AvgIpc) is 3.69. The lowest BCUT2D eigenvalue weighted by atomic mass is 9.67. The smallest absolute Gasteiger partial charge is 0.160 e. The highest BCUT2D eigenvalue weighted by atomic mass is 14.9. The summed E-state index contributed by atoms with van der Waals surface area (Å²) >= 11 is 0. The van der Waals surface area contributed by atoms with E-state index in [1.807, 2.05) is 12.1 Å². The summed E-state index contributed by atoms with van der Waals surface area (Å²) in [6, 6.07) is 92.1. The fraction of sp³-hybridized carbons (Fsp3) is 0.0159. The monoisotopic (exact) mass is 826 g/mol. The Bertz CT molecular complexity index is 3390. The lowest BCUT2D eigenvalue weighted by molar-refractivity contribution is 0.769. The van der Waals surface area contributed by atoms with Gasteiger partial charge in [-0.2, -0.15) is 0 Å². The number of rotatable bonds is 8. The molecule has 0 fully saturated rings. The third-order valence-electron chi connectivity index (χ3n) is 13.2. The van der Waals surface area contributed by atoms with E-state index in [1.54, 1.807) is 0 Å². The van der Waals surface area contributed by atoms with Gasteiger partial charge in [0.1, 0.15) is 0 Å². The van der Waals surface area contributed by atoms with E-state index in [-0.39, 0.29) is 0 Å². The minimum Gasteiger partial charge on any atom is -0.228 e. The molecule has 1 heterocycles. The molecule has 0 atom stereocenters. The first-order valence-electron chi connectivity index (χ1n) is 22.3. The summed E-state index contributed by atoms with van der Waals surface area (Å²) in [5.74, 6) is 0.703. The molecule has 304 valence electrons. The molecule has 0 N–H and O–H groups in total. The lowest BCUT2D eigenvalue weighted by Gasteiger charge is -2.34. The van der Waals surface area contributed by atoms with Crippen LogP contribution >= 0.6 is 0 Å². The second kappa shape index (κ2) is 16.0. The van der Waals surface area contributed by atoms with E-state index in [9.17, 15) is 0 Å². The first kappa shape index (κ1) is 38.2. The Balaban J connectivity index is 0.993. The van der Waals surface area contributed by atoms with Gasteiger partial charge in [0.15, 0.2) is 5.82 Å². The van der Waals surface area contributed by atoms with Gasteiger partial charge in [0.25, 0.3) is 0 Å². The molecule has 10 aromatic carbocycles. The van der Waals surface area contributed by atoms with Gasteiger partial charge in [-0.25, -0.2) is 9.97 Å². The van der Waals surface area contributed by atoms with E-state index in [0.717, 1.165) is 39.2 Å². The fourth-order valence-electron chi connectivity index (χ4n) is 10.2. The first-order valence-corrected chi connectivity index (χ1v) is 22.3. The number of hydrogen-bond donors (Lipinski definition) is 0. The number of benzene rings is 10. The maximum absolute atomic E-state index is 5.07. The molecular weight excluding hydrogens is 785 g/mol. The zero-order valence-corrected chi connectivity index (χ0v) is 35.6. The SMILES string of the molecule is c1ccc(-c2cc(-c3ccccc3)nc(-c3ccc(-c4ccc(-c5cc6c(cc5-c5cccc7ccccc57)-c5ccccc5C6(c5ccccc5)c5ccccc5)cc4)cc3)n2)cc1. The van der Waals surface area contributed by atoms with Crippen molar-refractivity contribution in [1.29, 1.82) is 0 Å². The molecule has 2 heteroatoms. The van der Waals surface area contributed by atoms with E-state index < -0.39 is 5.41 Å². The van der Waals surface area contributed by atoms with Crippen LogP contribution in [0.1, 0.15) is 22.3 Å². The Morgan fingerprint density at radius 3 is 1.35 bits per heavy atom. The third kappa shape index (κ3) is 6.58. The maximum atomic E-state index is 5.07. The van der Waals surface area contributed by atoms with Crippen molar-refractivity contribution in [3.63, 3.8) is 0 Å². The van der Waals surface area contributed by atoms with Gasteiger partial charge in [0.05, 0.1) is 16.8 Å². The van der Waals surface area contributed by atoms with Crippen LogP contribution in [0, 0.1) is 0 Å². The van der Waals surface area contributed by atoms with Gasteiger partial charge in [-0.15, -0.1) is 0 Å². The second-order valence-corrected chi connectivity index (χ2v) is 16.8. The van der Waals surface area contributed by atoms with E-state index in [4.69, 9.17) is 9.97 Å². The molecule has 0 saturated heterocycles. The first-order chi connectivity index (χ1) is 32.2. The lowest BCUT2D eigenvalue weighted by Crippen LogP contribution is -2.28. The predicted octanol–water partition coefficient (Wildman–Crippen LogP) is 16.0. The Kier molecular flexibility index (Phi) is 9.43. The standard InChI is InChI=1S/C63H42N2/c1-5-19-47(20-6-1)60-42-61(48-21-7-2-8-22-48)65-62(64-60)49-38-34-44(35-39-49)43-32-36-46(37-33-43)55-41-59-57(40-56(55)53-30-17-23-45-18-13-14-28-52(45)53)54-29-15-16-31-58(54)63(59,50-24-9-3-10-25-50)51-26-11-4-12-27-51/h1-42H. The largest absolute Gasteiger partial charge is 0.228 e. The van der Waals surface area contributed by atoms with E-state index in [1.165, 1.54) is 66.4 Å². The highest BCUT2D eigenvalue weighted by Crippen LogP contribution is 2.58. The van der Waals surface area contributed by atoms with E-state index in [0.29, 0.717) is 5.82 Å². The molecule has 0 aliphatic heterocycles. The molecule has 0 saturated carbocycles. The van der Waals surface area contributed by atoms with Crippen LogP contribution in [-0.2, 0) is 5.41 Å². The molecule has 0 radical (unpaired) electrons. The molecule has 0 unspecified atom stereocenters. The molecule has 1 aliphatic carbocycles. The van der Waals surface area contributed by atoms with Crippen molar-refractivity contribution >= 4 is 10.8 Å². The van der Waals surface area contributed by atoms with Crippen LogP contribution < -0.4 is 0 Å². The quantitative estimate of drug-likeness (QED) is 0.152. The van der Waals surface area contributed by atoms with Crippen LogP contribution in [0.4, 0.5) is 0 Å². The molecule has 1 aromatic heterocycles. The molecule has 1 aliphatic rings. The highest BCUT2D eigenvalue weighted by molar-refractivity contribution is 6.03. The Morgan fingerprint density at radius 2 is 0.738 bits per heavy atom. The van der Waals surface area contributed by atoms with Crippen LogP contribution in [0.3, 0.4) is 0 Å². The summed E-state index contributed by atoms with van der Waals surface area (Å²) in [7, 11) is 0. The second-order valence-electron chi connectivity index (χ2n) is 16.8. The van der Waals surface area contributed by atoms with E-state index >= 15 is 0 Å². The summed E-state index contributed by atoms with van der Waals surface area (Å²) < 4.78 is 0.